The van der Waals surface area contributed by atoms with Crippen LogP contribution >= 0.6 is 0 Å². The molecule has 1 N–H and O–H groups in total. The summed E-state index contributed by atoms with van der Waals surface area (Å²) in [5.41, 5.74) is 0. The van der Waals surface area contributed by atoms with Crippen LogP contribution in [0.4, 0.5) is 0 Å². The Bertz CT molecular complexity index is 437. The van der Waals surface area contributed by atoms with Gasteiger partial charge in [0.1, 0.15) is 0 Å². The van der Waals surface area contributed by atoms with Crippen molar-refractivity contribution >= 4 is 17.8 Å². The fraction of sp³-hybridized carbons (Fsp3) is 0.800. The zero-order chi connectivity index (χ0) is 15.6. The lowest BCUT2D eigenvalue weighted by Gasteiger charge is -2.26. The molecule has 2 amide bonds. The zero-order valence-corrected chi connectivity index (χ0v) is 12.7. The second-order valence-electron chi connectivity index (χ2n) is 6.31. The normalized spacial score (nSPS) is 30.1. The van der Waals surface area contributed by atoms with Gasteiger partial charge in [0.25, 0.3) is 0 Å². The van der Waals surface area contributed by atoms with Crippen molar-refractivity contribution in [1.82, 2.24) is 9.80 Å². The van der Waals surface area contributed by atoms with Crippen LogP contribution in [0.15, 0.2) is 0 Å². The van der Waals surface area contributed by atoms with E-state index in [1.54, 1.807) is 9.80 Å². The Morgan fingerprint density at radius 2 is 1.52 bits per heavy atom. The van der Waals surface area contributed by atoms with Gasteiger partial charge in [-0.2, -0.15) is 0 Å². The molecule has 0 bridgehead atoms. The molecular formula is C15H24N2O4. The van der Waals surface area contributed by atoms with Crippen molar-refractivity contribution in [2.24, 2.45) is 17.8 Å². The summed E-state index contributed by atoms with van der Waals surface area (Å²) in [5.74, 6) is -1.56. The minimum atomic E-state index is -0.863. The van der Waals surface area contributed by atoms with Crippen LogP contribution in [0.5, 0.6) is 0 Å². The molecule has 3 atom stereocenters. The minimum Gasteiger partial charge on any atom is -0.481 e. The van der Waals surface area contributed by atoms with E-state index in [1.807, 2.05) is 6.92 Å². The van der Waals surface area contributed by atoms with Gasteiger partial charge in [0.2, 0.25) is 11.8 Å². The van der Waals surface area contributed by atoms with Crippen LogP contribution < -0.4 is 0 Å². The first-order valence-electron chi connectivity index (χ1n) is 7.67. The number of amides is 2. The summed E-state index contributed by atoms with van der Waals surface area (Å²) in [4.78, 5) is 38.9. The van der Waals surface area contributed by atoms with E-state index in [1.165, 1.54) is 6.92 Å². The molecule has 1 aliphatic heterocycles. The van der Waals surface area contributed by atoms with E-state index in [4.69, 9.17) is 0 Å². The van der Waals surface area contributed by atoms with Crippen LogP contribution in [0.25, 0.3) is 0 Å². The fourth-order valence-corrected chi connectivity index (χ4v) is 3.52. The van der Waals surface area contributed by atoms with Gasteiger partial charge in [-0.3, -0.25) is 14.4 Å². The average molecular weight is 296 g/mol. The monoisotopic (exact) mass is 296 g/mol. The topological polar surface area (TPSA) is 77.9 Å². The lowest BCUT2D eigenvalue weighted by Crippen LogP contribution is -2.41. The molecule has 1 heterocycles. The van der Waals surface area contributed by atoms with Gasteiger partial charge in [-0.25, -0.2) is 0 Å². The molecule has 0 aromatic heterocycles. The van der Waals surface area contributed by atoms with E-state index < -0.39 is 17.8 Å². The lowest BCUT2D eigenvalue weighted by atomic mass is 9.94. The second-order valence-corrected chi connectivity index (χ2v) is 6.31. The Morgan fingerprint density at radius 3 is 2.14 bits per heavy atom. The highest BCUT2D eigenvalue weighted by Crippen LogP contribution is 2.37. The summed E-state index contributed by atoms with van der Waals surface area (Å²) >= 11 is 0. The number of hydrogen-bond acceptors (Lipinski definition) is 3. The third-order valence-corrected chi connectivity index (χ3v) is 4.69. The standard InChI is InChI=1S/C15H24N2O4/c1-10-8-12(13(9-10)15(20)21)14(19)17-5-3-4-16(6-7-17)11(2)18/h10,12-13H,3-9H2,1-2H3,(H,20,21). The second kappa shape index (κ2) is 6.45. The molecule has 1 aliphatic carbocycles. The van der Waals surface area contributed by atoms with Gasteiger partial charge in [-0.05, 0) is 25.2 Å². The maximum Gasteiger partial charge on any atom is 0.307 e. The van der Waals surface area contributed by atoms with Crippen molar-refractivity contribution in [2.45, 2.75) is 33.1 Å². The highest BCUT2D eigenvalue weighted by atomic mass is 16.4. The Morgan fingerprint density at radius 1 is 0.952 bits per heavy atom. The predicted molar refractivity (Wildman–Crippen MR) is 76.5 cm³/mol. The van der Waals surface area contributed by atoms with Crippen molar-refractivity contribution < 1.29 is 19.5 Å². The van der Waals surface area contributed by atoms with E-state index in [-0.39, 0.29) is 17.7 Å². The largest absolute Gasteiger partial charge is 0.481 e. The van der Waals surface area contributed by atoms with Gasteiger partial charge >= 0.3 is 5.97 Å². The first-order valence-corrected chi connectivity index (χ1v) is 7.67. The Kier molecular flexibility index (Phi) is 4.85. The molecular weight excluding hydrogens is 272 g/mol. The zero-order valence-electron chi connectivity index (χ0n) is 12.7. The number of carbonyl (C=O) groups is 3. The smallest absolute Gasteiger partial charge is 0.307 e. The molecule has 1 saturated heterocycles. The van der Waals surface area contributed by atoms with E-state index in [0.717, 1.165) is 6.42 Å². The van der Waals surface area contributed by atoms with Crippen molar-refractivity contribution in [3.63, 3.8) is 0 Å². The predicted octanol–water partition coefficient (Wildman–Crippen LogP) is 0.814. The third kappa shape index (κ3) is 3.54. The molecule has 2 rings (SSSR count). The Hall–Kier alpha value is -1.59. The van der Waals surface area contributed by atoms with Crippen LogP contribution in [0.2, 0.25) is 0 Å². The number of nitrogens with zero attached hydrogens (tertiary/aromatic N) is 2. The van der Waals surface area contributed by atoms with Crippen molar-refractivity contribution in [3.8, 4) is 0 Å². The molecule has 2 fully saturated rings. The molecule has 2 aliphatic rings. The molecule has 0 radical (unpaired) electrons. The first-order chi connectivity index (χ1) is 9.90. The molecule has 6 heteroatoms. The molecule has 6 nitrogen and oxygen atoms in total. The van der Waals surface area contributed by atoms with Crippen molar-refractivity contribution in [2.75, 3.05) is 26.2 Å². The van der Waals surface area contributed by atoms with Crippen molar-refractivity contribution in [3.05, 3.63) is 0 Å². The highest BCUT2D eigenvalue weighted by Gasteiger charge is 2.42. The number of rotatable bonds is 2. The Balaban J connectivity index is 2.02. The van der Waals surface area contributed by atoms with Gasteiger partial charge in [0.05, 0.1) is 11.8 Å². The maximum atomic E-state index is 12.6. The number of carboxylic acid groups (broad SMARTS) is 1. The molecule has 3 unspecified atom stereocenters. The third-order valence-electron chi connectivity index (χ3n) is 4.69. The summed E-state index contributed by atoms with van der Waals surface area (Å²) < 4.78 is 0. The van der Waals surface area contributed by atoms with Crippen LogP contribution in [0.3, 0.4) is 0 Å². The van der Waals surface area contributed by atoms with Crippen LogP contribution in [0.1, 0.15) is 33.1 Å². The summed E-state index contributed by atoms with van der Waals surface area (Å²) in [5, 5.41) is 9.30. The number of carbonyl (C=O) groups excluding carboxylic acids is 2. The van der Waals surface area contributed by atoms with E-state index in [9.17, 15) is 19.5 Å². The maximum absolute atomic E-state index is 12.6. The summed E-state index contributed by atoms with van der Waals surface area (Å²) in [7, 11) is 0. The number of hydrogen-bond donors (Lipinski definition) is 1. The molecule has 21 heavy (non-hydrogen) atoms. The van der Waals surface area contributed by atoms with Gasteiger partial charge in [0.15, 0.2) is 0 Å². The summed E-state index contributed by atoms with van der Waals surface area (Å²) in [6, 6.07) is 0. The van der Waals surface area contributed by atoms with Gasteiger partial charge in [-0.1, -0.05) is 6.92 Å². The fourth-order valence-electron chi connectivity index (χ4n) is 3.52. The number of aliphatic carboxylic acids is 1. The Labute approximate surface area is 125 Å². The quantitative estimate of drug-likeness (QED) is 0.818. The molecule has 1 saturated carbocycles. The SMILES string of the molecule is CC(=O)N1CCCN(C(=O)C2CC(C)CC2C(=O)O)CC1. The lowest BCUT2D eigenvalue weighted by molar-refractivity contribution is -0.149. The average Bonchev–Trinajstić information content (AvgIpc) is 2.66. The number of carboxylic acids is 1. The highest BCUT2D eigenvalue weighted by molar-refractivity contribution is 5.85. The summed E-state index contributed by atoms with van der Waals surface area (Å²) in [6.07, 6.45) is 1.99. The first kappa shape index (κ1) is 15.8. The van der Waals surface area contributed by atoms with Gasteiger partial charge < -0.3 is 14.9 Å². The van der Waals surface area contributed by atoms with Gasteiger partial charge in [-0.15, -0.1) is 0 Å². The molecule has 0 spiro atoms. The van der Waals surface area contributed by atoms with Crippen LogP contribution in [0, 0.1) is 17.8 Å². The van der Waals surface area contributed by atoms with Crippen LogP contribution in [-0.2, 0) is 14.4 Å². The van der Waals surface area contributed by atoms with E-state index in [2.05, 4.69) is 0 Å². The molecule has 118 valence electrons. The van der Waals surface area contributed by atoms with Crippen LogP contribution in [-0.4, -0.2) is 58.9 Å². The van der Waals surface area contributed by atoms with Gasteiger partial charge in [0, 0.05) is 33.1 Å². The van der Waals surface area contributed by atoms with E-state index >= 15 is 0 Å². The summed E-state index contributed by atoms with van der Waals surface area (Å²) in [6.45, 7) is 5.87. The molecule has 0 aromatic carbocycles. The van der Waals surface area contributed by atoms with Crippen molar-refractivity contribution in [1.29, 1.82) is 0 Å². The minimum absolute atomic E-state index is 0.0298. The van der Waals surface area contributed by atoms with E-state index in [0.29, 0.717) is 39.0 Å². The molecule has 0 aromatic rings.